The van der Waals surface area contributed by atoms with Crippen LogP contribution < -0.4 is 0 Å². The van der Waals surface area contributed by atoms with Crippen LogP contribution in [0.25, 0.3) is 27.9 Å². The lowest BCUT2D eigenvalue weighted by Gasteiger charge is -2.06. The minimum atomic E-state index is -3.28. The van der Waals surface area contributed by atoms with E-state index < -0.39 is 9.84 Å². The van der Waals surface area contributed by atoms with Gasteiger partial charge < -0.3 is 0 Å². The van der Waals surface area contributed by atoms with E-state index in [2.05, 4.69) is 11.2 Å². The summed E-state index contributed by atoms with van der Waals surface area (Å²) in [6, 6.07) is 22.1. The van der Waals surface area contributed by atoms with E-state index in [4.69, 9.17) is 0 Å². The van der Waals surface area contributed by atoms with Gasteiger partial charge in [0.1, 0.15) is 11.8 Å². The van der Waals surface area contributed by atoms with Crippen molar-refractivity contribution in [2.75, 3.05) is 6.26 Å². The van der Waals surface area contributed by atoms with Crippen molar-refractivity contribution in [3.8, 4) is 28.5 Å². The number of aromatic nitrogens is 2. The smallest absolute Gasteiger partial charge is 0.175 e. The normalized spacial score (nSPS) is 11.4. The van der Waals surface area contributed by atoms with Gasteiger partial charge in [-0.1, -0.05) is 42.5 Å². The molecule has 5 nitrogen and oxygen atoms in total. The molecule has 132 valence electrons. The molecule has 0 saturated heterocycles. The van der Waals surface area contributed by atoms with Crippen molar-refractivity contribution in [3.05, 3.63) is 78.5 Å². The first kappa shape index (κ1) is 17.0. The van der Waals surface area contributed by atoms with Gasteiger partial charge in [-0.3, -0.25) is 0 Å². The number of rotatable bonds is 3. The second-order valence-corrected chi connectivity index (χ2v) is 8.23. The molecule has 6 heteroatoms. The Hall–Kier alpha value is -3.43. The van der Waals surface area contributed by atoms with Gasteiger partial charge in [-0.15, -0.1) is 0 Å². The van der Waals surface area contributed by atoms with E-state index in [1.165, 1.54) is 6.26 Å². The van der Waals surface area contributed by atoms with Gasteiger partial charge in [-0.05, 0) is 29.8 Å². The highest BCUT2D eigenvalue weighted by atomic mass is 32.2. The molecule has 0 N–H and O–H groups in total. The van der Waals surface area contributed by atoms with Gasteiger partial charge in [0.05, 0.1) is 16.0 Å². The molecule has 0 aliphatic heterocycles. The van der Waals surface area contributed by atoms with Crippen LogP contribution in [-0.4, -0.2) is 24.3 Å². The summed E-state index contributed by atoms with van der Waals surface area (Å²) in [5.41, 5.74) is 4.48. The third kappa shape index (κ3) is 2.98. The average molecular weight is 373 g/mol. The Labute approximate surface area is 157 Å². The molecule has 0 radical (unpaired) electrons. The molecule has 0 spiro atoms. The van der Waals surface area contributed by atoms with Gasteiger partial charge in [-0.2, -0.15) is 10.4 Å². The summed E-state index contributed by atoms with van der Waals surface area (Å²) in [5, 5.41) is 14.3. The molecule has 0 aliphatic rings. The first-order valence-corrected chi connectivity index (χ1v) is 10.2. The Morgan fingerprint density at radius 1 is 0.926 bits per heavy atom. The highest BCUT2D eigenvalue weighted by Crippen LogP contribution is 2.36. The SMILES string of the molecule is CS(=O)(=O)c1ccc(-c2c(-c3ccccc3)nn3cccc(C#N)c23)cc1. The first-order chi connectivity index (χ1) is 13.0. The zero-order valence-corrected chi connectivity index (χ0v) is 15.3. The van der Waals surface area contributed by atoms with Crippen LogP contribution in [0.1, 0.15) is 5.56 Å². The fourth-order valence-corrected chi connectivity index (χ4v) is 3.76. The summed E-state index contributed by atoms with van der Waals surface area (Å²) in [4.78, 5) is 0.254. The summed E-state index contributed by atoms with van der Waals surface area (Å²) in [6.07, 6.45) is 2.98. The number of hydrogen-bond donors (Lipinski definition) is 0. The largest absolute Gasteiger partial charge is 0.238 e. The van der Waals surface area contributed by atoms with Crippen molar-refractivity contribution in [1.82, 2.24) is 9.61 Å². The van der Waals surface area contributed by atoms with Crippen molar-refractivity contribution in [2.24, 2.45) is 0 Å². The average Bonchev–Trinajstić information content (AvgIpc) is 3.08. The van der Waals surface area contributed by atoms with Crippen LogP contribution in [0.3, 0.4) is 0 Å². The van der Waals surface area contributed by atoms with Crippen molar-refractivity contribution in [1.29, 1.82) is 5.26 Å². The van der Waals surface area contributed by atoms with Crippen molar-refractivity contribution in [2.45, 2.75) is 4.90 Å². The quantitative estimate of drug-likeness (QED) is 0.545. The predicted molar refractivity (Wildman–Crippen MR) is 104 cm³/mol. The predicted octanol–water partition coefficient (Wildman–Crippen LogP) is 3.94. The van der Waals surface area contributed by atoms with Gasteiger partial charge in [0.25, 0.3) is 0 Å². The highest BCUT2D eigenvalue weighted by Gasteiger charge is 2.19. The van der Waals surface area contributed by atoms with Crippen LogP contribution in [0.2, 0.25) is 0 Å². The molecule has 2 aromatic heterocycles. The molecule has 0 fully saturated rings. The zero-order valence-electron chi connectivity index (χ0n) is 14.5. The van der Waals surface area contributed by atoms with E-state index in [0.29, 0.717) is 11.1 Å². The Bertz CT molecular complexity index is 1280. The fraction of sp³-hybridized carbons (Fsp3) is 0.0476. The van der Waals surface area contributed by atoms with E-state index in [0.717, 1.165) is 22.4 Å². The molecule has 4 rings (SSSR count). The maximum absolute atomic E-state index is 11.8. The van der Waals surface area contributed by atoms with Crippen LogP contribution in [-0.2, 0) is 9.84 Å². The van der Waals surface area contributed by atoms with Gasteiger partial charge in [0.2, 0.25) is 0 Å². The molecule has 2 aromatic carbocycles. The summed E-state index contributed by atoms with van der Waals surface area (Å²) in [6.45, 7) is 0. The molecule has 0 amide bonds. The van der Waals surface area contributed by atoms with Gasteiger partial charge in [0.15, 0.2) is 9.84 Å². The number of pyridine rings is 1. The molecule has 0 bridgehead atoms. The maximum Gasteiger partial charge on any atom is 0.175 e. The highest BCUT2D eigenvalue weighted by molar-refractivity contribution is 7.90. The van der Waals surface area contributed by atoms with Crippen LogP contribution in [0.5, 0.6) is 0 Å². The topological polar surface area (TPSA) is 75.2 Å². The minimum Gasteiger partial charge on any atom is -0.238 e. The lowest BCUT2D eigenvalue weighted by molar-refractivity contribution is 0.602. The Balaban J connectivity index is 2.05. The molecular formula is C21H15N3O2S. The summed E-state index contributed by atoms with van der Waals surface area (Å²) in [7, 11) is -3.28. The standard InChI is InChI=1S/C21H15N3O2S/c1-27(25,26)18-11-9-15(10-12-18)19-20(16-6-3-2-4-7-16)23-24-13-5-8-17(14-22)21(19)24/h2-13H,1H3. The second-order valence-electron chi connectivity index (χ2n) is 6.21. The molecule has 0 aliphatic carbocycles. The number of nitrogens with zero attached hydrogens (tertiary/aromatic N) is 3. The number of fused-ring (bicyclic) bond motifs is 1. The Morgan fingerprint density at radius 2 is 1.63 bits per heavy atom. The van der Waals surface area contributed by atoms with E-state index in [-0.39, 0.29) is 4.90 Å². The monoisotopic (exact) mass is 373 g/mol. The fourth-order valence-electron chi connectivity index (χ4n) is 3.13. The van der Waals surface area contributed by atoms with Crippen molar-refractivity contribution < 1.29 is 8.42 Å². The minimum absolute atomic E-state index is 0.254. The van der Waals surface area contributed by atoms with Gasteiger partial charge in [0, 0.05) is 23.6 Å². The van der Waals surface area contributed by atoms with Crippen LogP contribution in [0.15, 0.2) is 77.8 Å². The molecule has 0 saturated carbocycles. The third-order valence-electron chi connectivity index (χ3n) is 4.39. The maximum atomic E-state index is 11.8. The van der Waals surface area contributed by atoms with E-state index in [9.17, 15) is 13.7 Å². The Morgan fingerprint density at radius 3 is 2.26 bits per heavy atom. The number of nitriles is 1. The van der Waals surface area contributed by atoms with E-state index in [1.54, 1.807) is 47.1 Å². The number of benzene rings is 2. The second kappa shape index (κ2) is 6.38. The number of sulfone groups is 1. The third-order valence-corrected chi connectivity index (χ3v) is 5.52. The lowest BCUT2D eigenvalue weighted by Crippen LogP contribution is -1.96. The number of hydrogen-bond acceptors (Lipinski definition) is 4. The van der Waals surface area contributed by atoms with Gasteiger partial charge >= 0.3 is 0 Å². The first-order valence-electron chi connectivity index (χ1n) is 8.26. The van der Waals surface area contributed by atoms with Crippen LogP contribution in [0.4, 0.5) is 0 Å². The van der Waals surface area contributed by atoms with Gasteiger partial charge in [-0.25, -0.2) is 12.9 Å². The van der Waals surface area contributed by atoms with Crippen molar-refractivity contribution >= 4 is 15.4 Å². The molecule has 4 aromatic rings. The lowest BCUT2D eigenvalue weighted by atomic mass is 9.98. The molecule has 0 atom stereocenters. The Kier molecular flexibility index (Phi) is 4.02. The zero-order chi connectivity index (χ0) is 19.0. The molecule has 0 unspecified atom stereocenters. The van der Waals surface area contributed by atoms with Crippen LogP contribution in [0, 0.1) is 11.3 Å². The molecule has 2 heterocycles. The molecule has 27 heavy (non-hydrogen) atoms. The van der Waals surface area contributed by atoms with Crippen LogP contribution >= 0.6 is 0 Å². The summed E-state index contributed by atoms with van der Waals surface area (Å²) < 4.78 is 25.2. The van der Waals surface area contributed by atoms with E-state index in [1.807, 2.05) is 30.3 Å². The van der Waals surface area contributed by atoms with Crippen molar-refractivity contribution in [3.63, 3.8) is 0 Å². The summed E-state index contributed by atoms with van der Waals surface area (Å²) in [5.74, 6) is 0. The van der Waals surface area contributed by atoms with E-state index >= 15 is 0 Å². The molecular weight excluding hydrogens is 358 g/mol. The summed E-state index contributed by atoms with van der Waals surface area (Å²) >= 11 is 0.